The molecule has 4 rings (SSSR count). The molecule has 3 aromatic carbocycles. The molecule has 1 fully saturated rings. The summed E-state index contributed by atoms with van der Waals surface area (Å²) in [6.07, 6.45) is 0.346. The van der Waals surface area contributed by atoms with Gasteiger partial charge in [0, 0.05) is 5.69 Å². The number of hydrogen-bond acceptors (Lipinski definition) is 5. The average Bonchev–Trinajstić information content (AvgIpc) is 3.10. The molecular weight excluding hydrogens is 496 g/mol. The summed E-state index contributed by atoms with van der Waals surface area (Å²) in [5, 5.41) is 18.5. The molecular formula is C29H32N6O4. The molecule has 0 radical (unpaired) electrons. The fraction of sp³-hybridized carbons (Fsp3) is 0.241. The summed E-state index contributed by atoms with van der Waals surface area (Å²) in [7, 11) is 0. The SMILES string of the molecule is Cc1ccccc1NC(=O)N(O)C1N(c2ccccc2C)C(=O)N(CC(=O)N/N=C\c2ccccc2)C1(C)C. The van der Waals surface area contributed by atoms with Crippen LogP contribution < -0.4 is 15.6 Å². The highest BCUT2D eigenvalue weighted by Crippen LogP contribution is 2.39. The van der Waals surface area contributed by atoms with E-state index in [2.05, 4.69) is 15.8 Å². The molecule has 10 nitrogen and oxygen atoms in total. The lowest BCUT2D eigenvalue weighted by Gasteiger charge is -2.38. The number of urea groups is 2. The van der Waals surface area contributed by atoms with Gasteiger partial charge in [-0.2, -0.15) is 10.2 Å². The molecule has 1 aliphatic heterocycles. The van der Waals surface area contributed by atoms with E-state index in [1.54, 1.807) is 38.1 Å². The summed E-state index contributed by atoms with van der Waals surface area (Å²) in [5.41, 5.74) is 4.68. The van der Waals surface area contributed by atoms with Crippen molar-refractivity contribution in [1.29, 1.82) is 0 Å². The van der Waals surface area contributed by atoms with E-state index in [9.17, 15) is 19.6 Å². The molecule has 0 aliphatic carbocycles. The van der Waals surface area contributed by atoms with Gasteiger partial charge in [-0.3, -0.25) is 14.9 Å². The van der Waals surface area contributed by atoms with Crippen LogP contribution in [0, 0.1) is 13.8 Å². The fourth-order valence-electron chi connectivity index (χ4n) is 4.58. The highest BCUT2D eigenvalue weighted by molar-refractivity contribution is 6.00. The molecule has 1 aliphatic rings. The molecule has 0 aromatic heterocycles. The third-order valence-corrected chi connectivity index (χ3v) is 6.71. The van der Waals surface area contributed by atoms with Crippen LogP contribution >= 0.6 is 0 Å². The fourth-order valence-corrected chi connectivity index (χ4v) is 4.58. The number of para-hydroxylation sites is 2. The lowest BCUT2D eigenvalue weighted by atomic mass is 9.99. The normalized spacial score (nSPS) is 16.4. The molecule has 0 bridgehead atoms. The predicted octanol–water partition coefficient (Wildman–Crippen LogP) is 4.72. The molecule has 3 N–H and O–H groups in total. The Hall–Kier alpha value is -4.70. The Morgan fingerprint density at radius 1 is 0.974 bits per heavy atom. The number of hydrazone groups is 1. The Kier molecular flexibility index (Phi) is 7.96. The summed E-state index contributed by atoms with van der Waals surface area (Å²) in [6, 6.07) is 22.2. The van der Waals surface area contributed by atoms with E-state index in [4.69, 9.17) is 0 Å². The second-order valence-electron chi connectivity index (χ2n) is 9.85. The molecule has 3 aromatic rings. The molecule has 0 saturated carbocycles. The Morgan fingerprint density at radius 3 is 2.26 bits per heavy atom. The number of anilines is 2. The maximum atomic E-state index is 13.8. The van der Waals surface area contributed by atoms with Crippen LogP contribution in [-0.4, -0.2) is 57.6 Å². The van der Waals surface area contributed by atoms with E-state index in [1.807, 2.05) is 68.4 Å². The quantitative estimate of drug-likeness (QED) is 0.234. The molecule has 1 atom stereocenters. The number of hydroxylamine groups is 2. The van der Waals surface area contributed by atoms with Gasteiger partial charge in [-0.25, -0.2) is 15.0 Å². The Labute approximate surface area is 227 Å². The lowest BCUT2D eigenvalue weighted by molar-refractivity contribution is -0.124. The van der Waals surface area contributed by atoms with Gasteiger partial charge < -0.3 is 10.2 Å². The molecule has 39 heavy (non-hydrogen) atoms. The van der Waals surface area contributed by atoms with Crippen molar-refractivity contribution in [3.63, 3.8) is 0 Å². The molecule has 1 unspecified atom stereocenters. The number of rotatable bonds is 7. The number of nitrogens with one attached hydrogen (secondary N) is 2. The van der Waals surface area contributed by atoms with E-state index >= 15 is 0 Å². The zero-order chi connectivity index (χ0) is 28.2. The van der Waals surface area contributed by atoms with E-state index in [0.29, 0.717) is 16.4 Å². The molecule has 10 heteroatoms. The Bertz CT molecular complexity index is 1390. The largest absolute Gasteiger partial charge is 0.347 e. The summed E-state index contributed by atoms with van der Waals surface area (Å²) in [6.45, 7) is 6.71. The highest BCUT2D eigenvalue weighted by Gasteiger charge is 2.56. The number of amides is 5. The monoisotopic (exact) mass is 528 g/mol. The average molecular weight is 529 g/mol. The van der Waals surface area contributed by atoms with Gasteiger partial charge >= 0.3 is 12.1 Å². The van der Waals surface area contributed by atoms with Crippen LogP contribution in [0.4, 0.5) is 21.0 Å². The van der Waals surface area contributed by atoms with Gasteiger partial charge in [0.1, 0.15) is 6.54 Å². The number of nitrogens with zero attached hydrogens (tertiary/aromatic N) is 4. The van der Waals surface area contributed by atoms with Crippen LogP contribution in [0.3, 0.4) is 0 Å². The first-order valence-corrected chi connectivity index (χ1v) is 12.5. The first kappa shape index (κ1) is 27.3. The van der Waals surface area contributed by atoms with Crippen molar-refractivity contribution in [2.24, 2.45) is 5.10 Å². The van der Waals surface area contributed by atoms with Crippen molar-refractivity contribution in [3.8, 4) is 0 Å². The first-order chi connectivity index (χ1) is 18.6. The third-order valence-electron chi connectivity index (χ3n) is 6.71. The summed E-state index contributed by atoms with van der Waals surface area (Å²) in [4.78, 5) is 42.5. The zero-order valence-electron chi connectivity index (χ0n) is 22.3. The van der Waals surface area contributed by atoms with Gasteiger partial charge in [0.25, 0.3) is 5.91 Å². The van der Waals surface area contributed by atoms with Gasteiger partial charge in [0.2, 0.25) is 0 Å². The molecule has 1 heterocycles. The van der Waals surface area contributed by atoms with Crippen LogP contribution in [0.2, 0.25) is 0 Å². The maximum Gasteiger partial charge on any atom is 0.347 e. The second kappa shape index (κ2) is 11.4. The Morgan fingerprint density at radius 2 is 1.59 bits per heavy atom. The van der Waals surface area contributed by atoms with Gasteiger partial charge in [0.15, 0.2) is 6.17 Å². The van der Waals surface area contributed by atoms with Crippen LogP contribution in [-0.2, 0) is 4.79 Å². The minimum atomic E-state index is -1.18. The van der Waals surface area contributed by atoms with Gasteiger partial charge in [-0.15, -0.1) is 0 Å². The molecule has 0 spiro atoms. The third kappa shape index (κ3) is 5.75. The van der Waals surface area contributed by atoms with Crippen LogP contribution in [0.15, 0.2) is 84.0 Å². The number of hydrogen-bond donors (Lipinski definition) is 3. The summed E-state index contributed by atoms with van der Waals surface area (Å²) >= 11 is 0. The zero-order valence-corrected chi connectivity index (χ0v) is 22.3. The van der Waals surface area contributed by atoms with Crippen molar-refractivity contribution < 1.29 is 19.6 Å². The van der Waals surface area contributed by atoms with Crippen molar-refractivity contribution in [2.75, 3.05) is 16.8 Å². The van der Waals surface area contributed by atoms with E-state index in [-0.39, 0.29) is 6.54 Å². The number of benzene rings is 3. The van der Waals surface area contributed by atoms with Gasteiger partial charge in [-0.05, 0) is 56.5 Å². The van der Waals surface area contributed by atoms with Crippen LogP contribution in [0.25, 0.3) is 0 Å². The number of carbonyl (C=O) groups is 3. The minimum absolute atomic E-state index is 0.343. The number of carbonyl (C=O) groups excluding carboxylic acids is 3. The predicted molar refractivity (Wildman–Crippen MR) is 150 cm³/mol. The van der Waals surface area contributed by atoms with Crippen molar-refractivity contribution in [3.05, 3.63) is 95.6 Å². The maximum absolute atomic E-state index is 13.8. The van der Waals surface area contributed by atoms with Gasteiger partial charge in [0.05, 0.1) is 17.4 Å². The van der Waals surface area contributed by atoms with Crippen molar-refractivity contribution >= 4 is 35.6 Å². The summed E-state index contributed by atoms with van der Waals surface area (Å²) < 4.78 is 0. The smallest absolute Gasteiger partial charge is 0.306 e. The van der Waals surface area contributed by atoms with Crippen molar-refractivity contribution in [1.82, 2.24) is 15.4 Å². The number of aryl methyl sites for hydroxylation is 2. The topological polar surface area (TPSA) is 118 Å². The van der Waals surface area contributed by atoms with Crippen LogP contribution in [0.1, 0.15) is 30.5 Å². The van der Waals surface area contributed by atoms with Crippen LogP contribution in [0.5, 0.6) is 0 Å². The van der Waals surface area contributed by atoms with E-state index < -0.39 is 29.7 Å². The van der Waals surface area contributed by atoms with Gasteiger partial charge in [-0.1, -0.05) is 66.7 Å². The second-order valence-corrected chi connectivity index (χ2v) is 9.85. The highest BCUT2D eigenvalue weighted by atomic mass is 16.5. The molecule has 1 saturated heterocycles. The van der Waals surface area contributed by atoms with Crippen molar-refractivity contribution in [2.45, 2.75) is 39.4 Å². The first-order valence-electron chi connectivity index (χ1n) is 12.5. The van der Waals surface area contributed by atoms with E-state index in [1.165, 1.54) is 16.0 Å². The molecule has 5 amide bonds. The van der Waals surface area contributed by atoms with E-state index in [0.717, 1.165) is 16.7 Å². The Balaban J connectivity index is 1.61. The molecule has 202 valence electrons. The minimum Gasteiger partial charge on any atom is -0.306 e. The lowest BCUT2D eigenvalue weighted by Crippen LogP contribution is -2.58. The standard InChI is InChI=1S/C29H32N6O4/c1-20-12-8-10-16-23(20)31-27(37)35(39)26-29(3,4)33(28(38)34(26)24-17-11-9-13-21(24)2)19-25(36)32-30-18-22-14-6-5-7-15-22/h5-18,26,39H,19H2,1-4H3,(H,31,37)(H,32,36)/b30-18-. The summed E-state index contributed by atoms with van der Waals surface area (Å²) in [5.74, 6) is -0.525.